The Morgan fingerprint density at radius 3 is 2.52 bits per heavy atom. The molecule has 0 aliphatic heterocycles. The van der Waals surface area contributed by atoms with E-state index < -0.39 is 35.2 Å². The Balaban J connectivity index is 1.88. The standard InChI is InChI=1S/C19H15F2N3O3/c1-12-6-7-13(20)10-16(12)24-9-8-23(18(26)19(24)27)11-17(25)22-15-5-3-2-4-14(15)21/h2-10H,11H2,1H3,(H,22,25). The maximum Gasteiger partial charge on any atom is 0.320 e. The third kappa shape index (κ3) is 3.84. The molecule has 3 aromatic rings. The van der Waals surface area contributed by atoms with Gasteiger partial charge in [0.25, 0.3) is 0 Å². The van der Waals surface area contributed by atoms with Crippen molar-refractivity contribution in [1.82, 2.24) is 9.13 Å². The van der Waals surface area contributed by atoms with E-state index in [4.69, 9.17) is 0 Å². The van der Waals surface area contributed by atoms with Crippen LogP contribution in [-0.2, 0) is 11.3 Å². The normalized spacial score (nSPS) is 10.6. The largest absolute Gasteiger partial charge is 0.322 e. The number of benzene rings is 2. The summed E-state index contributed by atoms with van der Waals surface area (Å²) in [4.78, 5) is 36.7. The minimum absolute atomic E-state index is 0.0284. The van der Waals surface area contributed by atoms with E-state index >= 15 is 0 Å². The Labute approximate surface area is 152 Å². The first-order valence-corrected chi connectivity index (χ1v) is 8.00. The number of rotatable bonds is 4. The summed E-state index contributed by atoms with van der Waals surface area (Å²) in [6, 6.07) is 9.47. The number of nitrogens with zero attached hydrogens (tertiary/aromatic N) is 2. The molecular weight excluding hydrogens is 356 g/mol. The first kappa shape index (κ1) is 18.2. The highest BCUT2D eigenvalue weighted by molar-refractivity contribution is 5.90. The lowest BCUT2D eigenvalue weighted by molar-refractivity contribution is -0.116. The van der Waals surface area contributed by atoms with Crippen molar-refractivity contribution in [1.29, 1.82) is 0 Å². The molecule has 0 aliphatic rings. The van der Waals surface area contributed by atoms with Gasteiger partial charge in [-0.05, 0) is 36.8 Å². The van der Waals surface area contributed by atoms with Gasteiger partial charge in [0, 0.05) is 12.4 Å². The van der Waals surface area contributed by atoms with Crippen molar-refractivity contribution in [2.24, 2.45) is 0 Å². The Morgan fingerprint density at radius 2 is 1.78 bits per heavy atom. The minimum atomic E-state index is -0.954. The second-order valence-electron chi connectivity index (χ2n) is 5.87. The van der Waals surface area contributed by atoms with Gasteiger partial charge in [0.15, 0.2) is 0 Å². The number of aromatic nitrogens is 2. The molecule has 3 rings (SSSR count). The summed E-state index contributed by atoms with van der Waals surface area (Å²) in [7, 11) is 0. The maximum atomic E-state index is 13.6. The number of hydrogen-bond acceptors (Lipinski definition) is 3. The summed E-state index contributed by atoms with van der Waals surface area (Å²) in [5.74, 6) is -1.83. The number of carbonyl (C=O) groups excluding carboxylic acids is 1. The SMILES string of the molecule is Cc1ccc(F)cc1-n1ccn(CC(=O)Nc2ccccc2F)c(=O)c1=O. The van der Waals surface area contributed by atoms with Crippen molar-refractivity contribution in [3.05, 3.63) is 92.8 Å². The van der Waals surface area contributed by atoms with E-state index in [1.807, 2.05) is 0 Å². The van der Waals surface area contributed by atoms with Crippen LogP contribution in [-0.4, -0.2) is 15.0 Å². The van der Waals surface area contributed by atoms with Crippen molar-refractivity contribution in [3.63, 3.8) is 0 Å². The topological polar surface area (TPSA) is 73.1 Å². The smallest absolute Gasteiger partial charge is 0.320 e. The number of anilines is 1. The summed E-state index contributed by atoms with van der Waals surface area (Å²) >= 11 is 0. The van der Waals surface area contributed by atoms with Crippen LogP contribution in [0.3, 0.4) is 0 Å². The van der Waals surface area contributed by atoms with Gasteiger partial charge >= 0.3 is 11.1 Å². The number of para-hydroxylation sites is 1. The van der Waals surface area contributed by atoms with E-state index in [1.54, 1.807) is 13.0 Å². The van der Waals surface area contributed by atoms with Gasteiger partial charge < -0.3 is 5.32 Å². The molecule has 138 valence electrons. The monoisotopic (exact) mass is 371 g/mol. The molecule has 2 aromatic carbocycles. The quantitative estimate of drug-likeness (QED) is 0.715. The molecule has 0 saturated heterocycles. The highest BCUT2D eigenvalue weighted by atomic mass is 19.1. The van der Waals surface area contributed by atoms with Crippen LogP contribution >= 0.6 is 0 Å². The first-order valence-electron chi connectivity index (χ1n) is 8.00. The fraction of sp³-hybridized carbons (Fsp3) is 0.105. The van der Waals surface area contributed by atoms with E-state index in [2.05, 4.69) is 5.32 Å². The molecule has 0 spiro atoms. The molecule has 0 unspecified atom stereocenters. The Hall–Kier alpha value is -3.55. The molecule has 1 N–H and O–H groups in total. The van der Waals surface area contributed by atoms with Gasteiger partial charge in [0.05, 0.1) is 11.4 Å². The summed E-state index contributed by atoms with van der Waals surface area (Å²) < 4.78 is 29.0. The lowest BCUT2D eigenvalue weighted by Crippen LogP contribution is -2.41. The van der Waals surface area contributed by atoms with E-state index in [-0.39, 0.29) is 11.4 Å². The van der Waals surface area contributed by atoms with Gasteiger partial charge in [-0.3, -0.25) is 23.5 Å². The van der Waals surface area contributed by atoms with Crippen LogP contribution in [0.4, 0.5) is 14.5 Å². The van der Waals surface area contributed by atoms with Gasteiger partial charge in [-0.25, -0.2) is 8.78 Å². The van der Waals surface area contributed by atoms with Gasteiger partial charge in [0.2, 0.25) is 5.91 Å². The van der Waals surface area contributed by atoms with Crippen LogP contribution in [0.5, 0.6) is 0 Å². The van der Waals surface area contributed by atoms with Crippen LogP contribution in [0.15, 0.2) is 64.4 Å². The van der Waals surface area contributed by atoms with Gasteiger partial charge in [-0.2, -0.15) is 0 Å². The first-order chi connectivity index (χ1) is 12.9. The number of amides is 1. The summed E-state index contributed by atoms with van der Waals surface area (Å²) in [5.41, 5.74) is -1.07. The fourth-order valence-electron chi connectivity index (χ4n) is 2.57. The number of aryl methyl sites for hydroxylation is 1. The number of halogens is 2. The van der Waals surface area contributed by atoms with Crippen LogP contribution in [0.1, 0.15) is 5.56 Å². The van der Waals surface area contributed by atoms with Gasteiger partial charge in [0.1, 0.15) is 18.2 Å². The molecule has 8 heteroatoms. The lowest BCUT2D eigenvalue weighted by atomic mass is 10.2. The summed E-state index contributed by atoms with van der Waals surface area (Å²) in [6.07, 6.45) is 2.52. The third-order valence-electron chi connectivity index (χ3n) is 3.95. The molecule has 1 heterocycles. The lowest BCUT2D eigenvalue weighted by Gasteiger charge is -2.11. The summed E-state index contributed by atoms with van der Waals surface area (Å²) in [5, 5.41) is 2.34. The van der Waals surface area contributed by atoms with Crippen molar-refractivity contribution < 1.29 is 13.6 Å². The summed E-state index contributed by atoms with van der Waals surface area (Å²) in [6.45, 7) is 1.21. The molecule has 0 bridgehead atoms. The zero-order chi connectivity index (χ0) is 19.6. The highest BCUT2D eigenvalue weighted by Gasteiger charge is 2.13. The van der Waals surface area contributed by atoms with Gasteiger partial charge in [-0.1, -0.05) is 18.2 Å². The highest BCUT2D eigenvalue weighted by Crippen LogP contribution is 2.14. The Kier molecular flexibility index (Phi) is 4.98. The fourth-order valence-corrected chi connectivity index (χ4v) is 2.57. The van der Waals surface area contributed by atoms with E-state index in [0.29, 0.717) is 5.56 Å². The third-order valence-corrected chi connectivity index (χ3v) is 3.95. The van der Waals surface area contributed by atoms with Crippen molar-refractivity contribution in [3.8, 4) is 5.69 Å². The Bertz CT molecular complexity index is 1140. The van der Waals surface area contributed by atoms with Crippen LogP contribution < -0.4 is 16.4 Å². The number of carbonyl (C=O) groups is 1. The average molecular weight is 371 g/mol. The second-order valence-corrected chi connectivity index (χ2v) is 5.87. The van der Waals surface area contributed by atoms with Crippen molar-refractivity contribution in [2.75, 3.05) is 5.32 Å². The molecule has 27 heavy (non-hydrogen) atoms. The molecule has 0 atom stereocenters. The van der Waals surface area contributed by atoms with Crippen molar-refractivity contribution >= 4 is 11.6 Å². The number of nitrogens with one attached hydrogen (secondary N) is 1. The number of hydrogen-bond donors (Lipinski definition) is 1. The van der Waals surface area contributed by atoms with Gasteiger partial charge in [-0.15, -0.1) is 0 Å². The van der Waals surface area contributed by atoms with E-state index in [9.17, 15) is 23.2 Å². The molecular formula is C19H15F2N3O3. The molecule has 0 saturated carbocycles. The molecule has 1 aromatic heterocycles. The second kappa shape index (κ2) is 7.36. The minimum Gasteiger partial charge on any atom is -0.322 e. The molecule has 6 nitrogen and oxygen atoms in total. The Morgan fingerprint density at radius 1 is 1.04 bits per heavy atom. The van der Waals surface area contributed by atoms with E-state index in [0.717, 1.165) is 15.2 Å². The predicted octanol–water partition coefficient (Wildman–Crippen LogP) is 2.22. The molecule has 0 radical (unpaired) electrons. The van der Waals surface area contributed by atoms with Crippen molar-refractivity contribution in [2.45, 2.75) is 13.5 Å². The van der Waals surface area contributed by atoms with E-state index in [1.165, 1.54) is 42.7 Å². The molecule has 0 aliphatic carbocycles. The predicted molar refractivity (Wildman–Crippen MR) is 96.0 cm³/mol. The van der Waals surface area contributed by atoms with Crippen LogP contribution in [0.2, 0.25) is 0 Å². The molecule has 1 amide bonds. The maximum absolute atomic E-state index is 13.6. The zero-order valence-corrected chi connectivity index (χ0v) is 14.3. The van der Waals surface area contributed by atoms with Crippen LogP contribution in [0, 0.1) is 18.6 Å². The molecule has 0 fully saturated rings. The zero-order valence-electron chi connectivity index (χ0n) is 14.3. The van der Waals surface area contributed by atoms with Crippen LogP contribution in [0.25, 0.3) is 5.69 Å². The average Bonchev–Trinajstić information content (AvgIpc) is 2.63.